The quantitative estimate of drug-likeness (QED) is 0.370. The Labute approximate surface area is 203 Å². The molecule has 0 aromatic heterocycles. The first kappa shape index (κ1) is 24.8. The Bertz CT molecular complexity index is 699. The largest absolute Gasteiger partial charge is 0.469 e. The summed E-state index contributed by atoms with van der Waals surface area (Å²) >= 11 is 0. The highest BCUT2D eigenvalue weighted by molar-refractivity contribution is 5.72. The van der Waals surface area contributed by atoms with Gasteiger partial charge in [0.05, 0.1) is 13.0 Å². The monoisotopic (exact) mass is 452 g/mol. The van der Waals surface area contributed by atoms with Gasteiger partial charge < -0.3 is 4.74 Å². The second-order valence-electron chi connectivity index (χ2n) is 11.7. The maximum Gasteiger partial charge on any atom is 0.308 e. The first-order valence-corrected chi connectivity index (χ1v) is 14.3. The van der Waals surface area contributed by atoms with Crippen molar-refractivity contribution in [2.24, 2.45) is 29.6 Å². The molecule has 0 bridgehead atoms. The molecule has 0 radical (unpaired) electrons. The van der Waals surface area contributed by atoms with Crippen LogP contribution in [0.1, 0.15) is 120 Å². The fraction of sp³-hybridized carbons (Fsp3) is 0.774. The number of rotatable bonds is 8. The van der Waals surface area contributed by atoms with Gasteiger partial charge in [-0.3, -0.25) is 4.79 Å². The van der Waals surface area contributed by atoms with Gasteiger partial charge in [0, 0.05) is 0 Å². The molecule has 33 heavy (non-hydrogen) atoms. The maximum atomic E-state index is 11.8. The van der Waals surface area contributed by atoms with Crippen LogP contribution in [0.15, 0.2) is 24.3 Å². The fourth-order valence-electron chi connectivity index (χ4n) is 7.46. The second-order valence-corrected chi connectivity index (χ2v) is 11.7. The standard InChI is InChI=1S/C31H48O2/c1-3-4-23-7-13-26(14-8-23)27-15-9-24(10-16-27)5-6-25-11-17-28(18-12-25)29-19-21-30(22-20-29)31(32)33-2/h11-12,17-18,23-24,26-27,29-30H,3-10,13-16,19-22H2,1-2H3. The molecule has 3 aliphatic carbocycles. The topological polar surface area (TPSA) is 26.3 Å². The van der Waals surface area contributed by atoms with Crippen LogP contribution >= 0.6 is 0 Å². The molecule has 0 unspecified atom stereocenters. The van der Waals surface area contributed by atoms with Gasteiger partial charge in [0.1, 0.15) is 0 Å². The smallest absolute Gasteiger partial charge is 0.308 e. The zero-order valence-electron chi connectivity index (χ0n) is 21.4. The van der Waals surface area contributed by atoms with E-state index in [1.165, 1.54) is 95.3 Å². The Morgan fingerprint density at radius 3 is 1.82 bits per heavy atom. The number of aryl methyl sites for hydroxylation is 1. The maximum absolute atomic E-state index is 11.8. The minimum Gasteiger partial charge on any atom is -0.469 e. The lowest BCUT2D eigenvalue weighted by molar-refractivity contribution is -0.146. The molecule has 0 heterocycles. The molecule has 0 N–H and O–H groups in total. The van der Waals surface area contributed by atoms with E-state index in [1.54, 1.807) is 0 Å². The van der Waals surface area contributed by atoms with Crippen molar-refractivity contribution in [2.45, 2.75) is 116 Å². The molecular weight excluding hydrogens is 404 g/mol. The van der Waals surface area contributed by atoms with E-state index in [2.05, 4.69) is 31.2 Å². The van der Waals surface area contributed by atoms with Crippen molar-refractivity contribution in [3.63, 3.8) is 0 Å². The Kier molecular flexibility index (Phi) is 9.33. The average Bonchev–Trinajstić information content (AvgIpc) is 2.88. The number of hydrogen-bond acceptors (Lipinski definition) is 2. The molecule has 2 nitrogen and oxygen atoms in total. The molecule has 0 aliphatic heterocycles. The number of hydrogen-bond donors (Lipinski definition) is 0. The summed E-state index contributed by atoms with van der Waals surface area (Å²) in [6, 6.07) is 9.48. The summed E-state index contributed by atoms with van der Waals surface area (Å²) in [4.78, 5) is 11.8. The lowest BCUT2D eigenvalue weighted by Gasteiger charge is -2.38. The third-order valence-corrected chi connectivity index (χ3v) is 9.70. The molecule has 0 spiro atoms. The fourth-order valence-corrected chi connectivity index (χ4v) is 7.46. The first-order chi connectivity index (χ1) is 16.2. The third-order valence-electron chi connectivity index (χ3n) is 9.70. The lowest BCUT2D eigenvalue weighted by Crippen LogP contribution is -2.26. The Morgan fingerprint density at radius 1 is 0.758 bits per heavy atom. The van der Waals surface area contributed by atoms with E-state index in [0.717, 1.165) is 49.4 Å². The number of carbonyl (C=O) groups excluding carboxylic acids is 1. The van der Waals surface area contributed by atoms with Gasteiger partial charge in [-0.05, 0) is 105 Å². The molecule has 4 rings (SSSR count). The van der Waals surface area contributed by atoms with Crippen LogP contribution in [-0.2, 0) is 16.0 Å². The van der Waals surface area contributed by atoms with E-state index in [9.17, 15) is 4.79 Å². The van der Waals surface area contributed by atoms with Gasteiger partial charge in [0.15, 0.2) is 0 Å². The molecule has 0 amide bonds. The highest BCUT2D eigenvalue weighted by Gasteiger charge is 2.31. The molecule has 0 atom stereocenters. The van der Waals surface area contributed by atoms with E-state index in [1.807, 2.05) is 0 Å². The first-order valence-electron chi connectivity index (χ1n) is 14.3. The molecule has 3 fully saturated rings. The van der Waals surface area contributed by atoms with Gasteiger partial charge in [-0.2, -0.15) is 0 Å². The summed E-state index contributed by atoms with van der Waals surface area (Å²) in [5, 5.41) is 0. The molecule has 1 aromatic carbocycles. The summed E-state index contributed by atoms with van der Waals surface area (Å²) in [6.45, 7) is 2.35. The highest BCUT2D eigenvalue weighted by atomic mass is 16.5. The van der Waals surface area contributed by atoms with Crippen molar-refractivity contribution in [2.75, 3.05) is 7.11 Å². The van der Waals surface area contributed by atoms with Crippen LogP contribution in [0.25, 0.3) is 0 Å². The molecule has 0 saturated heterocycles. The molecule has 184 valence electrons. The predicted octanol–water partition coefficient (Wildman–Crippen LogP) is 8.48. The van der Waals surface area contributed by atoms with E-state index in [-0.39, 0.29) is 11.9 Å². The van der Waals surface area contributed by atoms with Crippen molar-refractivity contribution in [1.29, 1.82) is 0 Å². The van der Waals surface area contributed by atoms with E-state index >= 15 is 0 Å². The van der Waals surface area contributed by atoms with Gasteiger partial charge in [-0.15, -0.1) is 0 Å². The molecule has 2 heteroatoms. The van der Waals surface area contributed by atoms with Gasteiger partial charge in [-0.1, -0.05) is 69.7 Å². The Hall–Kier alpha value is -1.31. The Balaban J connectivity index is 1.15. The summed E-state index contributed by atoms with van der Waals surface area (Å²) < 4.78 is 4.93. The summed E-state index contributed by atoms with van der Waals surface area (Å²) in [6.07, 6.45) is 21.7. The minimum atomic E-state index is -0.0165. The van der Waals surface area contributed by atoms with Gasteiger partial charge in [0.2, 0.25) is 0 Å². The van der Waals surface area contributed by atoms with Crippen molar-refractivity contribution in [3.05, 3.63) is 35.4 Å². The van der Waals surface area contributed by atoms with Crippen LogP contribution in [0, 0.1) is 29.6 Å². The van der Waals surface area contributed by atoms with E-state index in [4.69, 9.17) is 4.74 Å². The van der Waals surface area contributed by atoms with Gasteiger partial charge in [-0.25, -0.2) is 0 Å². The van der Waals surface area contributed by atoms with Crippen LogP contribution < -0.4 is 0 Å². The van der Waals surface area contributed by atoms with Crippen LogP contribution in [0.2, 0.25) is 0 Å². The predicted molar refractivity (Wildman–Crippen MR) is 137 cm³/mol. The zero-order valence-corrected chi connectivity index (χ0v) is 21.4. The molecule has 1 aromatic rings. The van der Waals surface area contributed by atoms with Crippen molar-refractivity contribution >= 4 is 5.97 Å². The summed E-state index contributed by atoms with van der Waals surface area (Å²) in [5.74, 6) is 4.81. The van der Waals surface area contributed by atoms with Crippen LogP contribution in [0.5, 0.6) is 0 Å². The van der Waals surface area contributed by atoms with Crippen molar-refractivity contribution in [3.8, 4) is 0 Å². The highest BCUT2D eigenvalue weighted by Crippen LogP contribution is 2.43. The SMILES string of the molecule is CCCC1CCC(C2CCC(CCc3ccc(C4CCC(C(=O)OC)CC4)cc3)CC2)CC1. The minimum absolute atomic E-state index is 0.0165. The number of methoxy groups -OCH3 is 1. The number of esters is 1. The van der Waals surface area contributed by atoms with Crippen LogP contribution in [-0.4, -0.2) is 13.1 Å². The zero-order chi connectivity index (χ0) is 23.0. The number of ether oxygens (including phenoxy) is 1. The molecular formula is C31H48O2. The summed E-state index contributed by atoms with van der Waals surface area (Å²) in [5.41, 5.74) is 2.98. The average molecular weight is 453 g/mol. The molecule has 3 saturated carbocycles. The number of carbonyl (C=O) groups is 1. The van der Waals surface area contributed by atoms with Gasteiger partial charge >= 0.3 is 5.97 Å². The Morgan fingerprint density at radius 2 is 1.30 bits per heavy atom. The van der Waals surface area contributed by atoms with Crippen LogP contribution in [0.4, 0.5) is 0 Å². The summed E-state index contributed by atoms with van der Waals surface area (Å²) in [7, 11) is 1.51. The van der Waals surface area contributed by atoms with E-state index in [0.29, 0.717) is 5.92 Å². The van der Waals surface area contributed by atoms with Crippen LogP contribution in [0.3, 0.4) is 0 Å². The van der Waals surface area contributed by atoms with Gasteiger partial charge in [0.25, 0.3) is 0 Å². The molecule has 3 aliphatic rings. The third kappa shape index (κ3) is 6.86. The lowest BCUT2D eigenvalue weighted by atomic mass is 9.68. The van der Waals surface area contributed by atoms with Crippen molar-refractivity contribution < 1.29 is 9.53 Å². The van der Waals surface area contributed by atoms with Crippen molar-refractivity contribution in [1.82, 2.24) is 0 Å². The second kappa shape index (κ2) is 12.4. The number of benzene rings is 1. The van der Waals surface area contributed by atoms with E-state index < -0.39 is 0 Å². The normalized spacial score (nSPS) is 32.9.